The van der Waals surface area contributed by atoms with Crippen molar-refractivity contribution in [3.63, 3.8) is 0 Å². The minimum Gasteiger partial charge on any atom is -0.494 e. The Morgan fingerprint density at radius 1 is 1.18 bits per heavy atom. The summed E-state index contributed by atoms with van der Waals surface area (Å²) in [6.45, 7) is 3.01. The highest BCUT2D eigenvalue weighted by atomic mass is 35.5. The molecule has 28 heavy (non-hydrogen) atoms. The van der Waals surface area contributed by atoms with Crippen molar-refractivity contribution in [2.24, 2.45) is 0 Å². The molecular weight excluding hydrogens is 417 g/mol. The van der Waals surface area contributed by atoms with E-state index < -0.39 is 0 Å². The lowest BCUT2D eigenvalue weighted by molar-refractivity contribution is -0.113. The van der Waals surface area contributed by atoms with Crippen molar-refractivity contribution in [3.8, 4) is 5.75 Å². The number of halogens is 2. The number of carbonyl (C=O) groups excluding carboxylic acids is 1. The molecule has 1 N–H and O–H groups in total. The summed E-state index contributed by atoms with van der Waals surface area (Å²) < 4.78 is 7.11. The van der Waals surface area contributed by atoms with Crippen LogP contribution in [0.15, 0.2) is 59.6 Å². The Bertz CT molecular complexity index is 945. The third kappa shape index (κ3) is 5.67. The van der Waals surface area contributed by atoms with Crippen LogP contribution >= 0.6 is 35.0 Å². The molecule has 0 aliphatic rings. The van der Waals surface area contributed by atoms with E-state index in [0.29, 0.717) is 34.8 Å². The first-order valence-electron chi connectivity index (χ1n) is 8.66. The molecule has 2 aromatic carbocycles. The molecule has 0 saturated heterocycles. The molecule has 0 fully saturated rings. The Balaban J connectivity index is 1.57. The molecule has 1 aromatic heterocycles. The second-order valence-corrected chi connectivity index (χ2v) is 7.74. The summed E-state index contributed by atoms with van der Waals surface area (Å²) in [5.74, 6) is 1.62. The van der Waals surface area contributed by atoms with Gasteiger partial charge in [0.25, 0.3) is 0 Å². The number of carbonyl (C=O) groups is 1. The molecule has 0 unspecified atom stereocenters. The summed E-state index contributed by atoms with van der Waals surface area (Å²) in [6, 6.07) is 14.7. The molecule has 0 bridgehead atoms. The van der Waals surface area contributed by atoms with Crippen molar-refractivity contribution in [1.82, 2.24) is 9.78 Å². The van der Waals surface area contributed by atoms with Crippen LogP contribution in [0, 0.1) is 0 Å². The molecule has 8 heteroatoms. The van der Waals surface area contributed by atoms with Crippen LogP contribution in [-0.2, 0) is 11.3 Å². The zero-order chi connectivity index (χ0) is 19.9. The third-order valence-corrected chi connectivity index (χ3v) is 5.42. The lowest BCUT2D eigenvalue weighted by Gasteiger charge is -2.10. The number of nitrogens with one attached hydrogen (secondary N) is 1. The Morgan fingerprint density at radius 3 is 2.68 bits per heavy atom. The number of nitrogens with zero attached hydrogens (tertiary/aromatic N) is 2. The van der Waals surface area contributed by atoms with Gasteiger partial charge in [-0.2, -0.15) is 5.10 Å². The highest BCUT2D eigenvalue weighted by molar-refractivity contribution is 8.00. The van der Waals surface area contributed by atoms with Gasteiger partial charge in [0.15, 0.2) is 0 Å². The van der Waals surface area contributed by atoms with Crippen molar-refractivity contribution in [2.75, 3.05) is 17.7 Å². The van der Waals surface area contributed by atoms with Gasteiger partial charge >= 0.3 is 0 Å². The maximum Gasteiger partial charge on any atom is 0.235 e. The molecule has 0 atom stereocenters. The van der Waals surface area contributed by atoms with Gasteiger partial charge in [0, 0.05) is 21.0 Å². The fraction of sp³-hybridized carbons (Fsp3) is 0.200. The second kappa shape index (κ2) is 9.87. The number of thioether (sulfide) groups is 1. The smallest absolute Gasteiger partial charge is 0.235 e. The fourth-order valence-corrected chi connectivity index (χ4v) is 3.67. The van der Waals surface area contributed by atoms with Crippen molar-refractivity contribution in [3.05, 3.63) is 70.3 Å². The third-order valence-electron chi connectivity index (χ3n) is 3.82. The molecule has 0 aliphatic carbocycles. The maximum atomic E-state index is 12.3. The second-order valence-electron chi connectivity index (χ2n) is 5.85. The number of anilines is 1. The van der Waals surface area contributed by atoms with E-state index in [4.69, 9.17) is 27.9 Å². The van der Waals surface area contributed by atoms with Crippen LogP contribution in [-0.4, -0.2) is 28.0 Å². The lowest BCUT2D eigenvalue weighted by Crippen LogP contribution is -2.17. The largest absolute Gasteiger partial charge is 0.494 e. The van der Waals surface area contributed by atoms with Gasteiger partial charge in [0.2, 0.25) is 5.91 Å². The van der Waals surface area contributed by atoms with E-state index in [2.05, 4.69) is 10.4 Å². The Morgan fingerprint density at radius 2 is 1.96 bits per heavy atom. The average molecular weight is 436 g/mol. The normalized spacial score (nSPS) is 10.7. The van der Waals surface area contributed by atoms with E-state index in [-0.39, 0.29) is 5.91 Å². The molecule has 1 heterocycles. The van der Waals surface area contributed by atoms with Gasteiger partial charge in [0.1, 0.15) is 11.6 Å². The number of hydrogen-bond donors (Lipinski definition) is 1. The van der Waals surface area contributed by atoms with Crippen LogP contribution < -0.4 is 10.1 Å². The molecule has 3 rings (SSSR count). The van der Waals surface area contributed by atoms with Crippen LogP contribution in [0.2, 0.25) is 10.0 Å². The summed E-state index contributed by atoms with van der Waals surface area (Å²) in [4.78, 5) is 13.3. The SMILES string of the molecule is CCOc1ccc(SCC(=O)Nc2ccnn2Cc2ccc(Cl)cc2Cl)cc1. The van der Waals surface area contributed by atoms with Gasteiger partial charge in [-0.25, -0.2) is 4.68 Å². The Hall–Kier alpha value is -2.15. The number of rotatable bonds is 8. The monoisotopic (exact) mass is 435 g/mol. The molecule has 0 saturated carbocycles. The first kappa shape index (κ1) is 20.6. The first-order valence-corrected chi connectivity index (χ1v) is 10.4. The standard InChI is InChI=1S/C20H19Cl2N3O2S/c1-2-27-16-5-7-17(8-6-16)28-13-20(26)24-19-9-10-23-25(19)12-14-3-4-15(21)11-18(14)22/h3-11H,2,12-13H2,1H3,(H,24,26). The van der Waals surface area contributed by atoms with Gasteiger partial charge in [0.05, 0.1) is 25.1 Å². The molecule has 0 radical (unpaired) electrons. The van der Waals surface area contributed by atoms with Gasteiger partial charge in [-0.15, -0.1) is 11.8 Å². The summed E-state index contributed by atoms with van der Waals surface area (Å²) in [5, 5.41) is 8.29. The van der Waals surface area contributed by atoms with E-state index in [9.17, 15) is 4.79 Å². The number of hydrogen-bond acceptors (Lipinski definition) is 4. The lowest BCUT2D eigenvalue weighted by atomic mass is 10.2. The van der Waals surface area contributed by atoms with Crippen molar-refractivity contribution in [2.45, 2.75) is 18.4 Å². The highest BCUT2D eigenvalue weighted by Crippen LogP contribution is 2.24. The first-order chi connectivity index (χ1) is 13.5. The molecule has 5 nitrogen and oxygen atoms in total. The van der Waals surface area contributed by atoms with E-state index in [1.165, 1.54) is 11.8 Å². The topological polar surface area (TPSA) is 56.1 Å². The predicted octanol–water partition coefficient (Wildman–Crippen LogP) is 5.37. The Labute approximate surface area is 178 Å². The molecule has 1 amide bonds. The molecular formula is C20H19Cl2N3O2S. The van der Waals surface area contributed by atoms with Crippen LogP contribution in [0.3, 0.4) is 0 Å². The number of ether oxygens (including phenoxy) is 1. The van der Waals surface area contributed by atoms with Crippen LogP contribution in [0.5, 0.6) is 5.75 Å². The van der Waals surface area contributed by atoms with Gasteiger partial charge in [-0.3, -0.25) is 4.79 Å². The summed E-state index contributed by atoms with van der Waals surface area (Å²) in [7, 11) is 0. The van der Waals surface area contributed by atoms with Crippen LogP contribution in [0.25, 0.3) is 0 Å². The quantitative estimate of drug-likeness (QED) is 0.483. The average Bonchev–Trinajstić information content (AvgIpc) is 3.10. The van der Waals surface area contributed by atoms with Gasteiger partial charge in [-0.05, 0) is 48.9 Å². The predicted molar refractivity (Wildman–Crippen MR) is 115 cm³/mol. The van der Waals surface area contributed by atoms with Crippen molar-refractivity contribution < 1.29 is 9.53 Å². The zero-order valence-electron chi connectivity index (χ0n) is 15.2. The molecule has 3 aromatic rings. The number of benzene rings is 2. The Kier molecular flexibility index (Phi) is 7.25. The number of aromatic nitrogens is 2. The zero-order valence-corrected chi connectivity index (χ0v) is 17.5. The van der Waals surface area contributed by atoms with Crippen molar-refractivity contribution >= 4 is 46.7 Å². The maximum absolute atomic E-state index is 12.3. The summed E-state index contributed by atoms with van der Waals surface area (Å²) >= 11 is 13.6. The van der Waals surface area contributed by atoms with Crippen molar-refractivity contribution in [1.29, 1.82) is 0 Å². The molecule has 146 valence electrons. The highest BCUT2D eigenvalue weighted by Gasteiger charge is 2.10. The minimum atomic E-state index is -0.108. The molecule has 0 aliphatic heterocycles. The van der Waals surface area contributed by atoms with Gasteiger partial charge < -0.3 is 10.1 Å². The number of amides is 1. The summed E-state index contributed by atoms with van der Waals surface area (Å²) in [6.07, 6.45) is 1.64. The van der Waals surface area contributed by atoms with Crippen LogP contribution in [0.4, 0.5) is 5.82 Å². The minimum absolute atomic E-state index is 0.108. The van der Waals surface area contributed by atoms with E-state index >= 15 is 0 Å². The van der Waals surface area contributed by atoms with Crippen LogP contribution in [0.1, 0.15) is 12.5 Å². The van der Waals surface area contributed by atoms with E-state index in [1.807, 2.05) is 37.3 Å². The van der Waals surface area contributed by atoms with E-state index in [1.54, 1.807) is 29.1 Å². The fourth-order valence-electron chi connectivity index (χ4n) is 2.50. The van der Waals surface area contributed by atoms with Gasteiger partial charge in [-0.1, -0.05) is 29.3 Å². The summed E-state index contributed by atoms with van der Waals surface area (Å²) in [5.41, 5.74) is 0.869. The van der Waals surface area contributed by atoms with E-state index in [0.717, 1.165) is 16.2 Å². The molecule has 0 spiro atoms.